The van der Waals surface area contributed by atoms with Crippen LogP contribution in [0, 0.1) is 6.92 Å². The molecule has 1 aromatic rings. The first-order chi connectivity index (χ1) is 8.49. The third-order valence-corrected chi connectivity index (χ3v) is 3.06. The molecule has 4 nitrogen and oxygen atoms in total. The van der Waals surface area contributed by atoms with Gasteiger partial charge in [-0.15, -0.1) is 0 Å². The number of nitrogens with one attached hydrogen (secondary N) is 1. The molecule has 1 aliphatic rings. The summed E-state index contributed by atoms with van der Waals surface area (Å²) in [5, 5.41) is 3.13. The molecular formula is C14H18N2O2. The van der Waals surface area contributed by atoms with Crippen LogP contribution in [0.25, 0.3) is 0 Å². The number of nitrogens with zero attached hydrogens (tertiary/aromatic N) is 1. The highest BCUT2D eigenvalue weighted by Crippen LogP contribution is 2.20. The number of hydrogen-bond acceptors (Lipinski definition) is 3. The van der Waals surface area contributed by atoms with Crippen LogP contribution in [0.3, 0.4) is 0 Å². The van der Waals surface area contributed by atoms with E-state index in [9.17, 15) is 9.59 Å². The molecule has 0 spiro atoms. The highest BCUT2D eigenvalue weighted by atomic mass is 16.2. The highest BCUT2D eigenvalue weighted by molar-refractivity contribution is 6.07. The van der Waals surface area contributed by atoms with Crippen molar-refractivity contribution in [2.45, 2.75) is 39.3 Å². The maximum atomic E-state index is 12.1. The normalized spacial score (nSPS) is 19.8. The molecule has 0 aromatic heterocycles. The topological polar surface area (TPSA) is 49.4 Å². The van der Waals surface area contributed by atoms with Crippen LogP contribution in [-0.4, -0.2) is 28.8 Å². The fourth-order valence-electron chi connectivity index (χ4n) is 2.24. The van der Waals surface area contributed by atoms with Crippen molar-refractivity contribution in [1.82, 2.24) is 4.90 Å². The number of benzene rings is 1. The molecule has 0 saturated carbocycles. The summed E-state index contributed by atoms with van der Waals surface area (Å²) in [7, 11) is 0. The van der Waals surface area contributed by atoms with E-state index >= 15 is 0 Å². The van der Waals surface area contributed by atoms with Crippen molar-refractivity contribution in [1.29, 1.82) is 0 Å². The van der Waals surface area contributed by atoms with Crippen molar-refractivity contribution in [2.24, 2.45) is 0 Å². The van der Waals surface area contributed by atoms with Gasteiger partial charge in [0.15, 0.2) is 0 Å². The number of anilines is 1. The number of amides is 2. The monoisotopic (exact) mass is 246 g/mol. The maximum Gasteiger partial charge on any atom is 0.252 e. The van der Waals surface area contributed by atoms with Crippen molar-refractivity contribution in [3.05, 3.63) is 29.8 Å². The molecule has 96 valence electrons. The lowest BCUT2D eigenvalue weighted by Crippen LogP contribution is -2.39. The molecule has 2 amide bonds. The molecule has 1 aromatic carbocycles. The average Bonchev–Trinajstić information content (AvgIpc) is 2.54. The van der Waals surface area contributed by atoms with Gasteiger partial charge in [0.25, 0.3) is 5.91 Å². The van der Waals surface area contributed by atoms with E-state index in [0.717, 1.165) is 11.3 Å². The minimum Gasteiger partial charge on any atom is -0.373 e. The fraction of sp³-hybridized carbons (Fsp3) is 0.429. The summed E-state index contributed by atoms with van der Waals surface area (Å²) in [6.45, 7) is 5.70. The van der Waals surface area contributed by atoms with Crippen LogP contribution in [0.2, 0.25) is 0 Å². The van der Waals surface area contributed by atoms with Gasteiger partial charge in [0.1, 0.15) is 6.04 Å². The van der Waals surface area contributed by atoms with E-state index in [1.165, 1.54) is 4.90 Å². The number of carbonyl (C=O) groups is 2. The molecule has 1 N–H and O–H groups in total. The van der Waals surface area contributed by atoms with Crippen LogP contribution >= 0.6 is 0 Å². The fourth-order valence-corrected chi connectivity index (χ4v) is 2.24. The van der Waals surface area contributed by atoms with Gasteiger partial charge in [-0.25, -0.2) is 0 Å². The Morgan fingerprint density at radius 3 is 2.61 bits per heavy atom. The van der Waals surface area contributed by atoms with Crippen molar-refractivity contribution in [3.8, 4) is 0 Å². The summed E-state index contributed by atoms with van der Waals surface area (Å²) in [4.78, 5) is 25.2. The summed E-state index contributed by atoms with van der Waals surface area (Å²) in [6.07, 6.45) is 0.241. The van der Waals surface area contributed by atoms with Crippen LogP contribution in [0.1, 0.15) is 25.8 Å². The molecule has 2 rings (SSSR count). The van der Waals surface area contributed by atoms with E-state index in [2.05, 4.69) is 5.32 Å². The van der Waals surface area contributed by atoms with Gasteiger partial charge in [-0.1, -0.05) is 12.1 Å². The number of imide groups is 1. The summed E-state index contributed by atoms with van der Waals surface area (Å²) >= 11 is 0. The van der Waals surface area contributed by atoms with E-state index in [1.807, 2.05) is 45.0 Å². The molecule has 1 atom stereocenters. The molecule has 0 bridgehead atoms. The van der Waals surface area contributed by atoms with Gasteiger partial charge >= 0.3 is 0 Å². The van der Waals surface area contributed by atoms with Crippen molar-refractivity contribution in [3.63, 3.8) is 0 Å². The molecule has 1 unspecified atom stereocenters. The number of aryl methyl sites for hydroxylation is 1. The molecule has 1 saturated heterocycles. The smallest absolute Gasteiger partial charge is 0.252 e. The van der Waals surface area contributed by atoms with E-state index < -0.39 is 6.04 Å². The summed E-state index contributed by atoms with van der Waals surface area (Å²) < 4.78 is 0. The zero-order valence-corrected chi connectivity index (χ0v) is 10.9. The van der Waals surface area contributed by atoms with Crippen molar-refractivity contribution < 1.29 is 9.59 Å². The Bertz CT molecular complexity index is 482. The van der Waals surface area contributed by atoms with E-state index in [4.69, 9.17) is 0 Å². The van der Waals surface area contributed by atoms with Gasteiger partial charge in [0.05, 0.1) is 6.42 Å². The Morgan fingerprint density at radius 1 is 1.33 bits per heavy atom. The Hall–Kier alpha value is -1.84. The van der Waals surface area contributed by atoms with Gasteiger partial charge in [-0.05, 0) is 38.5 Å². The lowest BCUT2D eigenvalue weighted by atomic mass is 10.2. The molecular weight excluding hydrogens is 228 g/mol. The predicted molar refractivity (Wildman–Crippen MR) is 70.2 cm³/mol. The second-order valence-electron chi connectivity index (χ2n) is 4.97. The zero-order valence-electron chi connectivity index (χ0n) is 10.9. The Kier molecular flexibility index (Phi) is 3.36. The van der Waals surface area contributed by atoms with Crippen LogP contribution in [0.5, 0.6) is 0 Å². The number of likely N-dealkylation sites (tertiary alicyclic amines) is 1. The standard InChI is InChI=1S/C14H18N2O2/c1-9(2)16-13(17)8-12(14(16)18)15-11-6-4-5-10(3)7-11/h4-7,9,12,15H,8H2,1-3H3. The third kappa shape index (κ3) is 2.37. The molecule has 18 heavy (non-hydrogen) atoms. The van der Waals surface area contributed by atoms with Crippen LogP contribution in [0.4, 0.5) is 5.69 Å². The predicted octanol–water partition coefficient (Wildman–Crippen LogP) is 1.94. The van der Waals surface area contributed by atoms with Gasteiger partial charge in [-0.3, -0.25) is 14.5 Å². The van der Waals surface area contributed by atoms with Gasteiger partial charge in [0, 0.05) is 11.7 Å². The summed E-state index contributed by atoms with van der Waals surface area (Å²) in [5.74, 6) is -0.225. The van der Waals surface area contributed by atoms with E-state index in [-0.39, 0.29) is 24.3 Å². The zero-order chi connectivity index (χ0) is 13.3. The molecule has 1 heterocycles. The molecule has 1 fully saturated rings. The molecule has 1 aliphatic heterocycles. The lowest BCUT2D eigenvalue weighted by molar-refractivity contribution is -0.140. The molecule has 0 aliphatic carbocycles. The van der Waals surface area contributed by atoms with Gasteiger partial charge < -0.3 is 5.32 Å². The van der Waals surface area contributed by atoms with Crippen LogP contribution in [-0.2, 0) is 9.59 Å². The van der Waals surface area contributed by atoms with Gasteiger partial charge in [0.2, 0.25) is 5.91 Å². The highest BCUT2D eigenvalue weighted by Gasteiger charge is 2.39. The first-order valence-corrected chi connectivity index (χ1v) is 6.18. The molecule has 4 heteroatoms. The first-order valence-electron chi connectivity index (χ1n) is 6.18. The quantitative estimate of drug-likeness (QED) is 0.829. The van der Waals surface area contributed by atoms with Crippen LogP contribution in [0.15, 0.2) is 24.3 Å². The minimum absolute atomic E-state index is 0.0747. The average molecular weight is 246 g/mol. The Balaban J connectivity index is 2.12. The van der Waals surface area contributed by atoms with E-state index in [1.54, 1.807) is 0 Å². The SMILES string of the molecule is Cc1cccc(NC2CC(=O)N(C(C)C)C2=O)c1. The Labute approximate surface area is 107 Å². The maximum absolute atomic E-state index is 12.1. The second kappa shape index (κ2) is 4.80. The minimum atomic E-state index is -0.429. The van der Waals surface area contributed by atoms with Gasteiger partial charge in [-0.2, -0.15) is 0 Å². The number of hydrogen-bond donors (Lipinski definition) is 1. The largest absolute Gasteiger partial charge is 0.373 e. The lowest BCUT2D eigenvalue weighted by Gasteiger charge is -2.19. The van der Waals surface area contributed by atoms with Crippen LogP contribution < -0.4 is 5.32 Å². The summed E-state index contributed by atoms with van der Waals surface area (Å²) in [6, 6.07) is 7.29. The number of rotatable bonds is 3. The number of carbonyl (C=O) groups excluding carboxylic acids is 2. The first kappa shape index (κ1) is 12.6. The second-order valence-corrected chi connectivity index (χ2v) is 4.97. The van der Waals surface area contributed by atoms with E-state index in [0.29, 0.717) is 0 Å². The molecule has 0 radical (unpaired) electrons. The summed E-state index contributed by atoms with van der Waals surface area (Å²) in [5.41, 5.74) is 2.00. The third-order valence-electron chi connectivity index (χ3n) is 3.06. The van der Waals surface area contributed by atoms with Crippen molar-refractivity contribution >= 4 is 17.5 Å². The Morgan fingerprint density at radius 2 is 2.06 bits per heavy atom. The van der Waals surface area contributed by atoms with Crippen molar-refractivity contribution in [2.75, 3.05) is 5.32 Å².